The summed E-state index contributed by atoms with van der Waals surface area (Å²) in [5.74, 6) is -0.723. The van der Waals surface area contributed by atoms with Gasteiger partial charge < -0.3 is 5.32 Å². The first-order chi connectivity index (χ1) is 13.5. The van der Waals surface area contributed by atoms with Gasteiger partial charge in [-0.25, -0.2) is 18.7 Å². The number of hydrogen-bond acceptors (Lipinski definition) is 3. The maximum absolute atomic E-state index is 13.3. The highest BCUT2D eigenvalue weighted by molar-refractivity contribution is 5.91. The molecule has 0 atom stereocenters. The van der Waals surface area contributed by atoms with Crippen LogP contribution >= 0.6 is 0 Å². The van der Waals surface area contributed by atoms with Gasteiger partial charge in [0, 0.05) is 11.9 Å². The van der Waals surface area contributed by atoms with E-state index in [-0.39, 0.29) is 12.5 Å². The molecule has 28 heavy (non-hydrogen) atoms. The van der Waals surface area contributed by atoms with Crippen LogP contribution < -0.4 is 11.0 Å². The van der Waals surface area contributed by atoms with Gasteiger partial charge in [-0.05, 0) is 55.5 Å². The summed E-state index contributed by atoms with van der Waals surface area (Å²) in [6, 6.07) is 16.4. The third-order valence-corrected chi connectivity index (χ3v) is 4.41. The van der Waals surface area contributed by atoms with Crippen molar-refractivity contribution in [1.82, 2.24) is 14.1 Å². The molecule has 2 aromatic carbocycles. The summed E-state index contributed by atoms with van der Waals surface area (Å²) >= 11 is 0. The van der Waals surface area contributed by atoms with E-state index in [1.807, 2.05) is 19.1 Å². The van der Waals surface area contributed by atoms with Crippen molar-refractivity contribution in [2.45, 2.75) is 13.5 Å². The predicted molar refractivity (Wildman–Crippen MR) is 105 cm³/mol. The lowest BCUT2D eigenvalue weighted by atomic mass is 10.2. The number of rotatable bonds is 4. The number of nitrogens with zero attached hydrogens (tertiary/aromatic N) is 3. The molecule has 4 rings (SSSR count). The number of carbonyl (C=O) groups excluding carboxylic acids is 1. The fourth-order valence-electron chi connectivity index (χ4n) is 3.04. The number of hydrogen-bond donors (Lipinski definition) is 1. The van der Waals surface area contributed by atoms with Crippen molar-refractivity contribution in [2.24, 2.45) is 0 Å². The number of aromatic nitrogens is 3. The molecule has 2 heterocycles. The molecule has 4 aromatic rings. The first-order valence-electron chi connectivity index (χ1n) is 8.71. The molecule has 2 aromatic heterocycles. The van der Waals surface area contributed by atoms with Gasteiger partial charge in [0.25, 0.3) is 0 Å². The Hall–Kier alpha value is -3.74. The van der Waals surface area contributed by atoms with Gasteiger partial charge >= 0.3 is 5.69 Å². The Morgan fingerprint density at radius 3 is 2.50 bits per heavy atom. The number of halogens is 1. The van der Waals surface area contributed by atoms with Crippen LogP contribution in [-0.4, -0.2) is 20.0 Å². The third kappa shape index (κ3) is 3.29. The SMILES string of the molecule is Cc1ccc(NC(=O)Cn2c(=O)n(-c3ccc(F)cc3)c3ncccc32)cc1. The molecule has 0 radical (unpaired) electrons. The van der Waals surface area contributed by atoms with Gasteiger partial charge in [0.2, 0.25) is 5.91 Å². The van der Waals surface area contributed by atoms with E-state index in [4.69, 9.17) is 0 Å². The standard InChI is InChI=1S/C21H17FN4O2/c1-14-4-8-16(9-5-14)24-19(27)13-25-18-3-2-12-23-20(18)26(21(25)28)17-10-6-15(22)7-11-17/h2-12H,13H2,1H3,(H,24,27). The highest BCUT2D eigenvalue weighted by atomic mass is 19.1. The number of fused-ring (bicyclic) bond motifs is 1. The molecule has 140 valence electrons. The van der Waals surface area contributed by atoms with E-state index in [2.05, 4.69) is 10.3 Å². The second kappa shape index (κ2) is 7.11. The van der Waals surface area contributed by atoms with Crippen LogP contribution in [0.4, 0.5) is 10.1 Å². The van der Waals surface area contributed by atoms with Gasteiger partial charge in [0.15, 0.2) is 5.65 Å². The largest absolute Gasteiger partial charge is 0.335 e. The predicted octanol–water partition coefficient (Wildman–Crippen LogP) is 3.27. The number of imidazole rings is 1. The second-order valence-electron chi connectivity index (χ2n) is 6.44. The molecule has 0 saturated carbocycles. The highest BCUT2D eigenvalue weighted by Crippen LogP contribution is 2.16. The van der Waals surface area contributed by atoms with E-state index in [1.165, 1.54) is 33.4 Å². The van der Waals surface area contributed by atoms with E-state index in [1.54, 1.807) is 30.5 Å². The number of anilines is 1. The van der Waals surface area contributed by atoms with Gasteiger partial charge in [0.05, 0.1) is 11.2 Å². The second-order valence-corrected chi connectivity index (χ2v) is 6.44. The summed E-state index contributed by atoms with van der Waals surface area (Å²) in [7, 11) is 0. The van der Waals surface area contributed by atoms with Crippen molar-refractivity contribution >= 4 is 22.8 Å². The quantitative estimate of drug-likeness (QED) is 0.594. The maximum Gasteiger partial charge on any atom is 0.335 e. The van der Waals surface area contributed by atoms with Gasteiger partial charge in [-0.2, -0.15) is 0 Å². The average Bonchev–Trinajstić information content (AvgIpc) is 2.96. The molecule has 0 bridgehead atoms. The van der Waals surface area contributed by atoms with Gasteiger partial charge in [-0.3, -0.25) is 9.36 Å². The smallest absolute Gasteiger partial charge is 0.325 e. The van der Waals surface area contributed by atoms with Crippen LogP contribution in [0.5, 0.6) is 0 Å². The van der Waals surface area contributed by atoms with E-state index in [9.17, 15) is 14.0 Å². The number of benzene rings is 2. The first-order valence-corrected chi connectivity index (χ1v) is 8.71. The molecule has 0 aliphatic heterocycles. The van der Waals surface area contributed by atoms with Crippen LogP contribution in [0.2, 0.25) is 0 Å². The van der Waals surface area contributed by atoms with Crippen molar-refractivity contribution < 1.29 is 9.18 Å². The molecule has 0 unspecified atom stereocenters. The molecule has 0 aliphatic rings. The van der Waals surface area contributed by atoms with Crippen molar-refractivity contribution in [2.75, 3.05) is 5.32 Å². The zero-order valence-electron chi connectivity index (χ0n) is 15.1. The van der Waals surface area contributed by atoms with Crippen molar-refractivity contribution in [3.05, 3.63) is 88.7 Å². The fourth-order valence-corrected chi connectivity index (χ4v) is 3.04. The lowest BCUT2D eigenvalue weighted by molar-refractivity contribution is -0.116. The van der Waals surface area contributed by atoms with Crippen LogP contribution in [0.3, 0.4) is 0 Å². The van der Waals surface area contributed by atoms with E-state index < -0.39 is 11.5 Å². The molecular formula is C21H17FN4O2. The fraction of sp³-hybridized carbons (Fsp3) is 0.0952. The summed E-state index contributed by atoms with van der Waals surface area (Å²) in [5, 5.41) is 2.79. The summed E-state index contributed by atoms with van der Waals surface area (Å²) < 4.78 is 16.0. The summed E-state index contributed by atoms with van der Waals surface area (Å²) in [5.41, 5.74) is 2.73. The summed E-state index contributed by atoms with van der Waals surface area (Å²) in [4.78, 5) is 29.8. The Bertz CT molecular complexity index is 1210. The van der Waals surface area contributed by atoms with E-state index in [0.717, 1.165) is 5.56 Å². The molecule has 0 aliphatic carbocycles. The number of carbonyl (C=O) groups is 1. The number of aryl methyl sites for hydroxylation is 1. The maximum atomic E-state index is 13.3. The monoisotopic (exact) mass is 376 g/mol. The minimum absolute atomic E-state index is 0.164. The Labute approximate surface area is 159 Å². The van der Waals surface area contributed by atoms with Gasteiger partial charge in [0.1, 0.15) is 12.4 Å². The Balaban J connectivity index is 1.72. The van der Waals surface area contributed by atoms with Gasteiger partial charge in [-0.1, -0.05) is 17.7 Å². The molecule has 1 amide bonds. The summed E-state index contributed by atoms with van der Waals surface area (Å²) in [6.07, 6.45) is 1.57. The third-order valence-electron chi connectivity index (χ3n) is 4.41. The van der Waals surface area contributed by atoms with Crippen LogP contribution in [0.25, 0.3) is 16.9 Å². The van der Waals surface area contributed by atoms with Gasteiger partial charge in [-0.15, -0.1) is 0 Å². The Morgan fingerprint density at radius 1 is 1.07 bits per heavy atom. The highest BCUT2D eigenvalue weighted by Gasteiger charge is 2.17. The zero-order chi connectivity index (χ0) is 19.7. The first kappa shape index (κ1) is 17.7. The molecule has 0 fully saturated rings. The van der Waals surface area contributed by atoms with Crippen molar-refractivity contribution in [3.63, 3.8) is 0 Å². The van der Waals surface area contributed by atoms with Crippen molar-refractivity contribution in [1.29, 1.82) is 0 Å². The molecular weight excluding hydrogens is 359 g/mol. The molecule has 0 spiro atoms. The van der Waals surface area contributed by atoms with Crippen LogP contribution in [0.15, 0.2) is 71.7 Å². The minimum atomic E-state index is -0.417. The Morgan fingerprint density at radius 2 is 1.79 bits per heavy atom. The average molecular weight is 376 g/mol. The van der Waals surface area contributed by atoms with Crippen LogP contribution in [0, 0.1) is 12.7 Å². The number of pyridine rings is 1. The normalized spacial score (nSPS) is 10.9. The molecule has 7 heteroatoms. The van der Waals surface area contributed by atoms with Crippen molar-refractivity contribution in [3.8, 4) is 5.69 Å². The molecule has 6 nitrogen and oxygen atoms in total. The molecule has 1 N–H and O–H groups in total. The number of amides is 1. The Kier molecular flexibility index (Phi) is 4.49. The van der Waals surface area contributed by atoms with Crippen LogP contribution in [0.1, 0.15) is 5.56 Å². The lowest BCUT2D eigenvalue weighted by Gasteiger charge is -2.06. The lowest BCUT2D eigenvalue weighted by Crippen LogP contribution is -2.28. The van der Waals surface area contributed by atoms with E-state index >= 15 is 0 Å². The molecule has 0 saturated heterocycles. The topological polar surface area (TPSA) is 68.9 Å². The van der Waals surface area contributed by atoms with E-state index in [0.29, 0.717) is 22.5 Å². The minimum Gasteiger partial charge on any atom is -0.325 e. The number of nitrogens with one attached hydrogen (secondary N) is 1. The zero-order valence-corrected chi connectivity index (χ0v) is 15.1. The summed E-state index contributed by atoms with van der Waals surface area (Å²) in [6.45, 7) is 1.80. The van der Waals surface area contributed by atoms with Crippen LogP contribution in [-0.2, 0) is 11.3 Å².